The van der Waals surface area contributed by atoms with E-state index in [1.54, 1.807) is 11.1 Å². The van der Waals surface area contributed by atoms with Crippen molar-refractivity contribution in [1.82, 2.24) is 5.01 Å². The second kappa shape index (κ2) is 6.09. The average Bonchev–Trinajstić information content (AvgIpc) is 2.73. The summed E-state index contributed by atoms with van der Waals surface area (Å²) in [7, 11) is 0. The summed E-state index contributed by atoms with van der Waals surface area (Å²) in [5.41, 5.74) is 0.408. The third-order valence-electron chi connectivity index (χ3n) is 3.11. The van der Waals surface area contributed by atoms with Gasteiger partial charge in [-0.2, -0.15) is 5.10 Å². The second-order valence-electron chi connectivity index (χ2n) is 4.46. The molecule has 0 N–H and O–H groups in total. The Morgan fingerprint density at radius 2 is 2.26 bits per heavy atom. The van der Waals surface area contributed by atoms with Crippen molar-refractivity contribution < 1.29 is 8.78 Å². The van der Waals surface area contributed by atoms with Gasteiger partial charge in [-0.3, -0.25) is 5.01 Å². The van der Waals surface area contributed by atoms with Gasteiger partial charge < -0.3 is 0 Å². The van der Waals surface area contributed by atoms with Crippen molar-refractivity contribution in [3.8, 4) is 0 Å². The van der Waals surface area contributed by atoms with E-state index in [4.69, 9.17) is 11.6 Å². The highest BCUT2D eigenvalue weighted by molar-refractivity contribution is 8.13. The molecule has 0 spiro atoms. The van der Waals surface area contributed by atoms with Crippen molar-refractivity contribution in [1.29, 1.82) is 0 Å². The highest BCUT2D eigenvalue weighted by Gasteiger charge is 2.34. The van der Waals surface area contributed by atoms with Crippen molar-refractivity contribution in [2.24, 2.45) is 5.10 Å². The lowest BCUT2D eigenvalue weighted by molar-refractivity contribution is 0.254. The molecule has 2 unspecified atom stereocenters. The lowest BCUT2D eigenvalue weighted by atomic mass is 10.0. The van der Waals surface area contributed by atoms with Gasteiger partial charge in [0.05, 0.1) is 17.6 Å². The van der Waals surface area contributed by atoms with Gasteiger partial charge in [0.2, 0.25) is 0 Å². The van der Waals surface area contributed by atoms with Crippen LogP contribution in [0.25, 0.3) is 0 Å². The number of rotatable bonds is 2. The molecule has 0 radical (unpaired) electrons. The number of hydrogen-bond acceptors (Lipinski definition) is 3. The Labute approximate surface area is 120 Å². The van der Waals surface area contributed by atoms with E-state index in [9.17, 15) is 8.78 Å². The van der Waals surface area contributed by atoms with Crippen LogP contribution in [0.4, 0.5) is 8.78 Å². The Balaban J connectivity index is 2.33. The summed E-state index contributed by atoms with van der Waals surface area (Å²) in [4.78, 5) is 0. The highest BCUT2D eigenvalue weighted by Crippen LogP contribution is 2.36. The van der Waals surface area contributed by atoms with Crippen LogP contribution in [-0.4, -0.2) is 29.0 Å². The van der Waals surface area contributed by atoms with Crippen molar-refractivity contribution in [3.63, 3.8) is 0 Å². The molecule has 6 heteroatoms. The highest BCUT2D eigenvalue weighted by atomic mass is 35.5. The average molecular weight is 305 g/mol. The van der Waals surface area contributed by atoms with Gasteiger partial charge in [0, 0.05) is 17.0 Å². The number of hydrogen-bond donors (Lipinski definition) is 0. The zero-order valence-corrected chi connectivity index (χ0v) is 12.3. The first-order chi connectivity index (χ1) is 9.01. The summed E-state index contributed by atoms with van der Waals surface area (Å²) in [6.45, 7) is 2.04. The predicted molar refractivity (Wildman–Crippen MR) is 77.0 cm³/mol. The first-order valence-electron chi connectivity index (χ1n) is 5.96. The lowest BCUT2D eigenvalue weighted by Gasteiger charge is -2.22. The van der Waals surface area contributed by atoms with Gasteiger partial charge in [0.25, 0.3) is 0 Å². The quantitative estimate of drug-likeness (QED) is 0.599. The van der Waals surface area contributed by atoms with Crippen molar-refractivity contribution in [2.75, 3.05) is 12.8 Å². The molecule has 19 heavy (non-hydrogen) atoms. The number of alkyl halides is 1. The molecule has 0 saturated carbocycles. The second-order valence-corrected chi connectivity index (χ2v) is 5.90. The molecule has 0 aromatic heterocycles. The Morgan fingerprint density at radius 3 is 2.95 bits per heavy atom. The smallest absolute Gasteiger partial charge is 0.128 e. The van der Waals surface area contributed by atoms with E-state index < -0.39 is 12.2 Å². The van der Waals surface area contributed by atoms with Gasteiger partial charge in [0.1, 0.15) is 12.0 Å². The molecule has 1 aliphatic heterocycles. The molecule has 1 aromatic carbocycles. The number of nitrogens with zero attached hydrogens (tertiary/aromatic N) is 2. The first kappa shape index (κ1) is 14.6. The Morgan fingerprint density at radius 1 is 1.53 bits per heavy atom. The van der Waals surface area contributed by atoms with Crippen LogP contribution in [0.15, 0.2) is 23.3 Å². The predicted octanol–water partition coefficient (Wildman–Crippen LogP) is 4.26. The summed E-state index contributed by atoms with van der Waals surface area (Å²) in [6, 6.07) is 3.96. The first-order valence-corrected chi connectivity index (χ1v) is 7.56. The third kappa shape index (κ3) is 3.39. The molecule has 2 nitrogen and oxygen atoms in total. The summed E-state index contributed by atoms with van der Waals surface area (Å²) < 4.78 is 27.5. The van der Waals surface area contributed by atoms with Crippen molar-refractivity contribution >= 4 is 28.4 Å². The summed E-state index contributed by atoms with van der Waals surface area (Å²) in [5.74, 6) is -0.370. The molecule has 0 aliphatic carbocycles. The van der Waals surface area contributed by atoms with Crippen molar-refractivity contribution in [2.45, 2.75) is 25.6 Å². The summed E-state index contributed by atoms with van der Waals surface area (Å²) >= 11 is 7.38. The van der Waals surface area contributed by atoms with E-state index in [0.29, 0.717) is 10.6 Å². The number of benzene rings is 1. The monoisotopic (exact) mass is 304 g/mol. The van der Waals surface area contributed by atoms with E-state index in [1.165, 1.54) is 23.9 Å². The van der Waals surface area contributed by atoms with Gasteiger partial charge in [-0.05, 0) is 31.4 Å². The molecule has 104 valence electrons. The van der Waals surface area contributed by atoms with Gasteiger partial charge in [-0.15, -0.1) is 11.8 Å². The van der Waals surface area contributed by atoms with E-state index in [1.807, 2.05) is 13.2 Å². The molecule has 0 bridgehead atoms. The van der Waals surface area contributed by atoms with Crippen LogP contribution in [0.2, 0.25) is 5.02 Å². The van der Waals surface area contributed by atoms with Crippen molar-refractivity contribution in [3.05, 3.63) is 34.6 Å². The van der Waals surface area contributed by atoms with Crippen LogP contribution < -0.4 is 0 Å². The van der Waals surface area contributed by atoms with Gasteiger partial charge in [0.15, 0.2) is 0 Å². The fourth-order valence-corrected chi connectivity index (χ4v) is 2.53. The number of thioether (sulfide) groups is 1. The molecule has 1 saturated heterocycles. The molecule has 1 fully saturated rings. The van der Waals surface area contributed by atoms with Crippen LogP contribution in [-0.2, 0) is 0 Å². The largest absolute Gasteiger partial charge is 0.286 e. The molecular formula is C13H15ClF2N2S. The maximum atomic E-state index is 13.9. The van der Waals surface area contributed by atoms with Gasteiger partial charge in [-0.25, -0.2) is 8.78 Å². The van der Waals surface area contributed by atoms with E-state index in [-0.39, 0.29) is 18.8 Å². The van der Waals surface area contributed by atoms with Crippen LogP contribution >= 0.6 is 23.4 Å². The van der Waals surface area contributed by atoms with Crippen LogP contribution in [0.5, 0.6) is 0 Å². The molecule has 1 aliphatic rings. The molecule has 2 rings (SSSR count). The van der Waals surface area contributed by atoms with Crippen LogP contribution in [0.1, 0.15) is 24.9 Å². The lowest BCUT2D eigenvalue weighted by Crippen LogP contribution is -2.20. The standard InChI is InChI=1S/C13H15ClF2N2S/c1-8(19-2)17-18-7-10(15)6-13(18)11-5-9(14)3-4-12(11)16/h3-5,10,13H,6-7H2,1-2H3/b17-8+. The zero-order valence-electron chi connectivity index (χ0n) is 10.7. The van der Waals surface area contributed by atoms with E-state index in [2.05, 4.69) is 5.10 Å². The van der Waals surface area contributed by atoms with Gasteiger partial charge >= 0.3 is 0 Å². The number of hydrazone groups is 1. The molecule has 1 heterocycles. The van der Waals surface area contributed by atoms with E-state index in [0.717, 1.165) is 5.04 Å². The minimum atomic E-state index is -0.998. The Kier molecular flexibility index (Phi) is 4.68. The SMILES string of the molecule is CS/C(C)=N/N1CC(F)CC1c1cc(Cl)ccc1F. The number of halogens is 3. The molecule has 1 aromatic rings. The van der Waals surface area contributed by atoms with E-state index >= 15 is 0 Å². The van der Waals surface area contributed by atoms with Crippen LogP contribution in [0.3, 0.4) is 0 Å². The third-order valence-corrected chi connectivity index (χ3v) is 4.01. The maximum Gasteiger partial charge on any atom is 0.128 e. The Hall–Kier alpha value is -0.810. The topological polar surface area (TPSA) is 15.6 Å². The van der Waals surface area contributed by atoms with Gasteiger partial charge in [-0.1, -0.05) is 11.6 Å². The van der Waals surface area contributed by atoms with Crippen LogP contribution in [0, 0.1) is 5.82 Å². The Bertz CT molecular complexity index is 496. The summed E-state index contributed by atoms with van der Waals surface area (Å²) in [6.07, 6.45) is 1.14. The minimum Gasteiger partial charge on any atom is -0.286 e. The normalized spacial score (nSPS) is 24.1. The summed E-state index contributed by atoms with van der Waals surface area (Å²) in [5, 5.41) is 7.22. The molecule has 2 atom stereocenters. The fraction of sp³-hybridized carbons (Fsp3) is 0.462. The molecule has 0 amide bonds. The zero-order chi connectivity index (χ0) is 14.0. The fourth-order valence-electron chi connectivity index (χ4n) is 2.16. The maximum absolute atomic E-state index is 13.9. The molecular weight excluding hydrogens is 290 g/mol. The minimum absolute atomic E-state index is 0.189.